The standard InChI is InChI=1S/C26H32N4O4/c31-22-8-6-20(21-7-9-25(34)29-26(21)22)23(32)17-27-19-10-13-30(14-11-19)15-12-24(33)28-16-18-4-2-1-3-5-18/h1-9,19,23,27,31-32H,10-17H2,(H,28,33)(H,29,34). The predicted octanol–water partition coefficient (Wildman–Crippen LogP) is 2.03. The third-order valence-electron chi connectivity index (χ3n) is 6.44. The number of carbonyl (C=O) groups excluding carboxylic acids is 1. The molecule has 1 aromatic heterocycles. The molecule has 180 valence electrons. The van der Waals surface area contributed by atoms with E-state index < -0.39 is 6.10 Å². The van der Waals surface area contributed by atoms with Crippen LogP contribution in [0.5, 0.6) is 5.75 Å². The lowest BCUT2D eigenvalue weighted by Gasteiger charge is -2.32. The smallest absolute Gasteiger partial charge is 0.248 e. The van der Waals surface area contributed by atoms with Gasteiger partial charge in [-0.2, -0.15) is 0 Å². The topological polar surface area (TPSA) is 118 Å². The normalized spacial score (nSPS) is 15.9. The highest BCUT2D eigenvalue weighted by Gasteiger charge is 2.21. The van der Waals surface area contributed by atoms with Crippen molar-refractivity contribution < 1.29 is 15.0 Å². The fourth-order valence-corrected chi connectivity index (χ4v) is 4.44. The van der Waals surface area contributed by atoms with Crippen LogP contribution in [0.15, 0.2) is 59.4 Å². The summed E-state index contributed by atoms with van der Waals surface area (Å²) in [5.41, 5.74) is 1.80. The molecule has 8 heteroatoms. The number of aromatic hydroxyl groups is 1. The van der Waals surface area contributed by atoms with Crippen molar-refractivity contribution in [3.05, 3.63) is 76.1 Å². The quantitative estimate of drug-likeness (QED) is 0.331. The number of hydrogen-bond donors (Lipinski definition) is 5. The van der Waals surface area contributed by atoms with Crippen LogP contribution in [0, 0.1) is 0 Å². The van der Waals surface area contributed by atoms with Crippen LogP contribution in [0.4, 0.5) is 0 Å². The van der Waals surface area contributed by atoms with E-state index in [1.54, 1.807) is 12.1 Å². The first-order valence-electron chi connectivity index (χ1n) is 11.8. The number of amides is 1. The second-order valence-electron chi connectivity index (χ2n) is 8.84. The Morgan fingerprint density at radius 2 is 1.85 bits per heavy atom. The zero-order valence-corrected chi connectivity index (χ0v) is 19.2. The van der Waals surface area contributed by atoms with Crippen LogP contribution in [0.1, 0.15) is 36.5 Å². The highest BCUT2D eigenvalue weighted by atomic mass is 16.3. The monoisotopic (exact) mass is 464 g/mol. The van der Waals surface area contributed by atoms with Crippen molar-refractivity contribution in [3.63, 3.8) is 0 Å². The van der Waals surface area contributed by atoms with Gasteiger partial charge in [0.25, 0.3) is 0 Å². The number of aliphatic hydroxyl groups excluding tert-OH is 1. The van der Waals surface area contributed by atoms with Gasteiger partial charge in [-0.1, -0.05) is 36.4 Å². The molecule has 1 aliphatic rings. The Morgan fingerprint density at radius 3 is 2.62 bits per heavy atom. The van der Waals surface area contributed by atoms with Crippen LogP contribution in [-0.2, 0) is 11.3 Å². The van der Waals surface area contributed by atoms with Crippen molar-refractivity contribution in [1.82, 2.24) is 20.5 Å². The first-order chi connectivity index (χ1) is 16.5. The van der Waals surface area contributed by atoms with Crippen LogP contribution in [0.25, 0.3) is 10.9 Å². The van der Waals surface area contributed by atoms with E-state index in [0.29, 0.717) is 42.0 Å². The number of phenols is 1. The number of aromatic amines is 1. The fraction of sp³-hybridized carbons (Fsp3) is 0.385. The molecule has 1 aliphatic heterocycles. The number of hydrogen-bond acceptors (Lipinski definition) is 6. The number of carbonyl (C=O) groups is 1. The Hall–Kier alpha value is -3.20. The summed E-state index contributed by atoms with van der Waals surface area (Å²) in [6, 6.07) is 16.4. The van der Waals surface area contributed by atoms with E-state index in [2.05, 4.69) is 20.5 Å². The lowest BCUT2D eigenvalue weighted by molar-refractivity contribution is -0.121. The number of H-pyrrole nitrogens is 1. The molecule has 1 fully saturated rings. The maximum absolute atomic E-state index is 12.2. The zero-order valence-electron chi connectivity index (χ0n) is 19.2. The van der Waals surface area contributed by atoms with Gasteiger partial charge in [-0.25, -0.2) is 0 Å². The maximum atomic E-state index is 12.2. The van der Waals surface area contributed by atoms with Crippen molar-refractivity contribution in [2.45, 2.75) is 38.0 Å². The van der Waals surface area contributed by atoms with Crippen molar-refractivity contribution in [1.29, 1.82) is 0 Å². The molecule has 8 nitrogen and oxygen atoms in total. The molecular weight excluding hydrogens is 432 g/mol. The van der Waals surface area contributed by atoms with Gasteiger partial charge in [0.1, 0.15) is 5.75 Å². The lowest BCUT2D eigenvalue weighted by atomic mass is 10.0. The SMILES string of the molecule is O=C(CCN1CCC(NCC(O)c2ccc(O)c3[nH]c(=O)ccc23)CC1)NCc1ccccc1. The number of likely N-dealkylation sites (tertiary alicyclic amines) is 1. The number of nitrogens with zero attached hydrogens (tertiary/aromatic N) is 1. The molecule has 3 aromatic rings. The van der Waals surface area contributed by atoms with Gasteiger partial charge in [0.15, 0.2) is 0 Å². The average molecular weight is 465 g/mol. The Balaban J connectivity index is 1.19. The van der Waals surface area contributed by atoms with Crippen molar-refractivity contribution in [3.8, 4) is 5.75 Å². The Kier molecular flexibility index (Phi) is 7.95. The molecule has 1 unspecified atom stereocenters. The third-order valence-corrected chi connectivity index (χ3v) is 6.44. The molecule has 0 radical (unpaired) electrons. The van der Waals surface area contributed by atoms with Crippen LogP contribution < -0.4 is 16.2 Å². The number of aliphatic hydroxyl groups is 1. The van der Waals surface area contributed by atoms with Crippen molar-refractivity contribution in [2.75, 3.05) is 26.2 Å². The summed E-state index contributed by atoms with van der Waals surface area (Å²) in [5.74, 6) is 0.0485. The van der Waals surface area contributed by atoms with Crippen molar-refractivity contribution in [2.24, 2.45) is 0 Å². The Morgan fingerprint density at radius 1 is 1.09 bits per heavy atom. The number of piperidine rings is 1. The van der Waals surface area contributed by atoms with Crippen molar-refractivity contribution >= 4 is 16.8 Å². The molecule has 2 heterocycles. The highest BCUT2D eigenvalue weighted by molar-refractivity contribution is 5.87. The average Bonchev–Trinajstić information content (AvgIpc) is 2.86. The molecule has 34 heavy (non-hydrogen) atoms. The van der Waals surface area contributed by atoms with E-state index >= 15 is 0 Å². The molecule has 4 rings (SSSR count). The summed E-state index contributed by atoms with van der Waals surface area (Å²) < 4.78 is 0. The molecule has 0 spiro atoms. The van der Waals surface area contributed by atoms with Crippen LogP contribution in [0.3, 0.4) is 0 Å². The number of phenolic OH excluding ortho intramolecular Hbond substituents is 1. The molecule has 1 atom stereocenters. The molecule has 2 aromatic carbocycles. The molecule has 0 saturated carbocycles. The van der Waals surface area contributed by atoms with Crippen LogP contribution in [-0.4, -0.2) is 58.2 Å². The summed E-state index contributed by atoms with van der Waals surface area (Å²) >= 11 is 0. The molecule has 1 saturated heterocycles. The van der Waals surface area contributed by atoms with Gasteiger partial charge in [-0.3, -0.25) is 9.59 Å². The molecular formula is C26H32N4O4. The second kappa shape index (κ2) is 11.3. The van der Waals surface area contributed by atoms with Gasteiger partial charge >= 0.3 is 0 Å². The van der Waals surface area contributed by atoms with Gasteiger partial charge in [0.05, 0.1) is 11.6 Å². The van der Waals surface area contributed by atoms with E-state index in [1.165, 1.54) is 12.1 Å². The molecule has 5 N–H and O–H groups in total. The van der Waals surface area contributed by atoms with E-state index in [1.807, 2.05) is 30.3 Å². The molecule has 0 bridgehead atoms. The highest BCUT2D eigenvalue weighted by Crippen LogP contribution is 2.28. The van der Waals surface area contributed by atoms with Gasteiger partial charge in [-0.05, 0) is 49.2 Å². The minimum atomic E-state index is -0.764. The summed E-state index contributed by atoms with van der Waals surface area (Å²) in [4.78, 5) is 28.7. The first-order valence-corrected chi connectivity index (χ1v) is 11.8. The van der Waals surface area contributed by atoms with E-state index in [9.17, 15) is 19.8 Å². The summed E-state index contributed by atoms with van der Waals surface area (Å²) in [5, 5.41) is 27.8. The number of pyridine rings is 1. The first kappa shape index (κ1) is 23.9. The zero-order chi connectivity index (χ0) is 23.9. The predicted molar refractivity (Wildman–Crippen MR) is 132 cm³/mol. The minimum Gasteiger partial charge on any atom is -0.506 e. The molecule has 0 aliphatic carbocycles. The van der Waals surface area contributed by atoms with E-state index in [-0.39, 0.29) is 17.2 Å². The summed E-state index contributed by atoms with van der Waals surface area (Å²) in [7, 11) is 0. The van der Waals surface area contributed by atoms with E-state index in [4.69, 9.17) is 0 Å². The fourth-order valence-electron chi connectivity index (χ4n) is 4.44. The third kappa shape index (κ3) is 6.22. The minimum absolute atomic E-state index is 0.0160. The summed E-state index contributed by atoms with van der Waals surface area (Å²) in [6.45, 7) is 3.49. The Labute approximate surface area is 198 Å². The number of nitrogens with one attached hydrogen (secondary N) is 3. The second-order valence-corrected chi connectivity index (χ2v) is 8.84. The summed E-state index contributed by atoms with van der Waals surface area (Å²) in [6.07, 6.45) is 1.62. The number of aromatic nitrogens is 1. The van der Waals surface area contributed by atoms with E-state index in [0.717, 1.165) is 38.0 Å². The number of rotatable bonds is 9. The van der Waals surface area contributed by atoms with Gasteiger partial charge in [-0.15, -0.1) is 0 Å². The maximum Gasteiger partial charge on any atom is 0.248 e. The van der Waals surface area contributed by atoms with Crippen LogP contribution >= 0.6 is 0 Å². The Bertz CT molecular complexity index is 1160. The molecule has 1 amide bonds. The van der Waals surface area contributed by atoms with Gasteiger partial charge < -0.3 is 30.7 Å². The van der Waals surface area contributed by atoms with Gasteiger partial charge in [0.2, 0.25) is 11.5 Å². The lowest BCUT2D eigenvalue weighted by Crippen LogP contribution is -2.44. The van der Waals surface area contributed by atoms with Crippen LogP contribution in [0.2, 0.25) is 0 Å². The number of benzene rings is 2. The van der Waals surface area contributed by atoms with Gasteiger partial charge in [0, 0.05) is 43.5 Å². The largest absolute Gasteiger partial charge is 0.506 e. The number of fused-ring (bicyclic) bond motifs is 1.